The molecular formula is C17H15N5O2S2. The molecule has 0 aliphatic heterocycles. The van der Waals surface area contributed by atoms with E-state index in [-0.39, 0.29) is 19.0 Å². The van der Waals surface area contributed by atoms with E-state index in [0.717, 1.165) is 33.2 Å². The largest absolute Gasteiger partial charge is 0.459 e. The highest BCUT2D eigenvalue weighted by molar-refractivity contribution is 7.14. The van der Waals surface area contributed by atoms with E-state index in [4.69, 9.17) is 4.74 Å². The Hall–Kier alpha value is -2.65. The van der Waals surface area contributed by atoms with Gasteiger partial charge in [0.1, 0.15) is 17.9 Å². The predicted octanol–water partition coefficient (Wildman–Crippen LogP) is 3.21. The molecule has 0 bridgehead atoms. The maximum atomic E-state index is 12.3. The molecule has 0 aromatic carbocycles. The van der Waals surface area contributed by atoms with E-state index in [1.165, 1.54) is 6.33 Å². The first-order chi connectivity index (χ1) is 12.6. The molecule has 0 unspecified atom stereocenters. The van der Waals surface area contributed by atoms with Crippen molar-refractivity contribution in [3.63, 3.8) is 0 Å². The molecule has 7 nitrogen and oxygen atoms in total. The number of rotatable bonds is 5. The number of thiophene rings is 1. The molecule has 0 fully saturated rings. The summed E-state index contributed by atoms with van der Waals surface area (Å²) in [5, 5.41) is 11.0. The molecule has 0 N–H and O–H groups in total. The topological polar surface area (TPSA) is 82.3 Å². The summed E-state index contributed by atoms with van der Waals surface area (Å²) >= 11 is 3.18. The van der Waals surface area contributed by atoms with Crippen LogP contribution < -0.4 is 0 Å². The van der Waals surface area contributed by atoms with Crippen molar-refractivity contribution >= 4 is 34.4 Å². The second kappa shape index (κ2) is 6.93. The molecule has 0 radical (unpaired) electrons. The summed E-state index contributed by atoms with van der Waals surface area (Å²) in [5.41, 5.74) is 4.26. The van der Waals surface area contributed by atoms with Gasteiger partial charge < -0.3 is 4.74 Å². The number of thiazole rings is 1. The maximum Gasteiger partial charge on any atom is 0.310 e. The number of aromatic nitrogens is 5. The SMILES string of the molecule is Cc1nc2ncnn2c(C)c1CC(=O)OCc1csc(-c2ccsc2)n1. The van der Waals surface area contributed by atoms with Crippen LogP contribution in [0.5, 0.6) is 0 Å². The van der Waals surface area contributed by atoms with Crippen LogP contribution in [-0.2, 0) is 22.6 Å². The van der Waals surface area contributed by atoms with Crippen molar-refractivity contribution in [3.05, 3.63) is 51.2 Å². The maximum absolute atomic E-state index is 12.3. The molecule has 0 saturated heterocycles. The van der Waals surface area contributed by atoms with Gasteiger partial charge in [0.05, 0.1) is 12.1 Å². The standard InChI is InChI=1S/C17H15N5O2S2/c1-10-14(11(2)22-17(20-10)18-9-19-22)5-15(23)24-6-13-8-26-16(21-13)12-3-4-25-7-12/h3-4,7-9H,5-6H2,1-2H3. The summed E-state index contributed by atoms with van der Waals surface area (Å²) < 4.78 is 7.03. The summed E-state index contributed by atoms with van der Waals surface area (Å²) in [4.78, 5) is 25.2. The van der Waals surface area contributed by atoms with Crippen molar-refractivity contribution in [2.45, 2.75) is 26.9 Å². The molecule has 26 heavy (non-hydrogen) atoms. The molecular weight excluding hydrogens is 370 g/mol. The third-order valence-corrected chi connectivity index (χ3v) is 5.63. The van der Waals surface area contributed by atoms with Crippen LogP contribution in [0.1, 0.15) is 22.6 Å². The van der Waals surface area contributed by atoms with E-state index in [9.17, 15) is 4.79 Å². The molecule has 9 heteroatoms. The van der Waals surface area contributed by atoms with E-state index in [0.29, 0.717) is 5.78 Å². The Labute approximate surface area is 157 Å². The van der Waals surface area contributed by atoms with Crippen LogP contribution in [0.15, 0.2) is 28.5 Å². The van der Waals surface area contributed by atoms with Crippen LogP contribution in [0.3, 0.4) is 0 Å². The molecule has 4 rings (SSSR count). The zero-order valence-corrected chi connectivity index (χ0v) is 15.8. The first kappa shape index (κ1) is 16.8. The zero-order valence-electron chi connectivity index (χ0n) is 14.2. The van der Waals surface area contributed by atoms with Crippen LogP contribution in [0, 0.1) is 13.8 Å². The molecule has 0 aliphatic rings. The normalized spacial score (nSPS) is 11.2. The van der Waals surface area contributed by atoms with Gasteiger partial charge in [0, 0.05) is 33.3 Å². The third kappa shape index (κ3) is 3.23. The number of fused-ring (bicyclic) bond motifs is 1. The Bertz CT molecular complexity index is 1070. The average molecular weight is 385 g/mol. The number of carbonyl (C=O) groups excluding carboxylic acids is 1. The first-order valence-electron chi connectivity index (χ1n) is 7.90. The van der Waals surface area contributed by atoms with Crippen LogP contribution in [0.4, 0.5) is 0 Å². The van der Waals surface area contributed by atoms with Gasteiger partial charge in [-0.15, -0.1) is 11.3 Å². The number of carbonyl (C=O) groups is 1. The second-order valence-electron chi connectivity index (χ2n) is 5.73. The number of hydrogen-bond acceptors (Lipinski definition) is 8. The molecule has 4 heterocycles. The Morgan fingerprint density at radius 2 is 2.15 bits per heavy atom. The molecule has 0 spiro atoms. The fourth-order valence-corrected chi connectivity index (χ4v) is 4.17. The highest BCUT2D eigenvalue weighted by Crippen LogP contribution is 2.26. The summed E-state index contributed by atoms with van der Waals surface area (Å²) in [6.07, 6.45) is 1.59. The van der Waals surface area contributed by atoms with E-state index >= 15 is 0 Å². The molecule has 0 atom stereocenters. The second-order valence-corrected chi connectivity index (χ2v) is 7.36. The van der Waals surface area contributed by atoms with Crippen molar-refractivity contribution in [2.75, 3.05) is 0 Å². The lowest BCUT2D eigenvalue weighted by atomic mass is 10.1. The van der Waals surface area contributed by atoms with E-state index in [1.54, 1.807) is 27.2 Å². The van der Waals surface area contributed by atoms with Gasteiger partial charge in [-0.1, -0.05) is 0 Å². The van der Waals surface area contributed by atoms with Crippen LogP contribution >= 0.6 is 22.7 Å². The lowest BCUT2D eigenvalue weighted by molar-refractivity contribution is -0.144. The minimum Gasteiger partial charge on any atom is -0.459 e. The smallest absolute Gasteiger partial charge is 0.310 e. The number of esters is 1. The van der Waals surface area contributed by atoms with E-state index in [2.05, 4.69) is 20.1 Å². The Balaban J connectivity index is 1.43. The Kier molecular flexibility index (Phi) is 4.48. The summed E-state index contributed by atoms with van der Waals surface area (Å²) in [6, 6.07) is 2.03. The quantitative estimate of drug-likeness (QED) is 0.491. The summed E-state index contributed by atoms with van der Waals surface area (Å²) in [5.74, 6) is 0.211. The van der Waals surface area contributed by atoms with Crippen LogP contribution in [-0.4, -0.2) is 30.5 Å². The number of aryl methyl sites for hydroxylation is 2. The first-order valence-corrected chi connectivity index (χ1v) is 9.72. The molecule has 132 valence electrons. The fourth-order valence-electron chi connectivity index (χ4n) is 2.65. The van der Waals surface area contributed by atoms with Crippen molar-refractivity contribution < 1.29 is 9.53 Å². The monoisotopic (exact) mass is 385 g/mol. The number of nitrogens with zero attached hydrogens (tertiary/aromatic N) is 5. The van der Waals surface area contributed by atoms with Gasteiger partial charge in [-0.25, -0.2) is 14.5 Å². The van der Waals surface area contributed by atoms with Crippen molar-refractivity contribution in [1.29, 1.82) is 0 Å². The van der Waals surface area contributed by atoms with Gasteiger partial charge >= 0.3 is 5.97 Å². The Morgan fingerprint density at radius 1 is 1.27 bits per heavy atom. The zero-order chi connectivity index (χ0) is 18.1. The average Bonchev–Trinajstić information content (AvgIpc) is 3.37. The van der Waals surface area contributed by atoms with Crippen LogP contribution in [0.25, 0.3) is 16.3 Å². The lowest BCUT2D eigenvalue weighted by Gasteiger charge is -2.10. The predicted molar refractivity (Wildman–Crippen MR) is 99.2 cm³/mol. The highest BCUT2D eigenvalue weighted by Gasteiger charge is 2.16. The molecule has 0 saturated carbocycles. The van der Waals surface area contributed by atoms with Gasteiger partial charge in [0.15, 0.2) is 0 Å². The molecule has 0 amide bonds. The summed E-state index contributed by atoms with van der Waals surface area (Å²) in [6.45, 7) is 3.92. The highest BCUT2D eigenvalue weighted by atomic mass is 32.1. The Morgan fingerprint density at radius 3 is 2.96 bits per heavy atom. The molecule has 4 aromatic heterocycles. The van der Waals surface area contributed by atoms with E-state index in [1.807, 2.05) is 36.1 Å². The van der Waals surface area contributed by atoms with E-state index < -0.39 is 0 Å². The fraction of sp³-hybridized carbons (Fsp3) is 0.235. The number of ether oxygens (including phenoxy) is 1. The minimum atomic E-state index is -0.317. The minimum absolute atomic E-state index is 0.141. The van der Waals surface area contributed by atoms with Gasteiger partial charge in [-0.3, -0.25) is 4.79 Å². The van der Waals surface area contributed by atoms with Crippen LogP contribution in [0.2, 0.25) is 0 Å². The number of hydrogen-bond donors (Lipinski definition) is 0. The molecule has 4 aromatic rings. The molecule has 0 aliphatic carbocycles. The van der Waals surface area contributed by atoms with Crippen molar-refractivity contribution in [1.82, 2.24) is 24.6 Å². The van der Waals surface area contributed by atoms with Crippen molar-refractivity contribution in [2.24, 2.45) is 0 Å². The van der Waals surface area contributed by atoms with Gasteiger partial charge in [0.25, 0.3) is 5.78 Å². The lowest BCUT2D eigenvalue weighted by Crippen LogP contribution is -2.13. The van der Waals surface area contributed by atoms with Gasteiger partial charge in [-0.2, -0.15) is 21.4 Å². The van der Waals surface area contributed by atoms with Gasteiger partial charge in [0.2, 0.25) is 0 Å². The van der Waals surface area contributed by atoms with Gasteiger partial charge in [-0.05, 0) is 25.3 Å². The third-order valence-electron chi connectivity index (χ3n) is 4.01. The van der Waals surface area contributed by atoms with Crippen molar-refractivity contribution in [3.8, 4) is 10.6 Å². The summed E-state index contributed by atoms with van der Waals surface area (Å²) in [7, 11) is 0.